The van der Waals surface area contributed by atoms with Crippen LogP contribution in [0.25, 0.3) is 0 Å². The first kappa shape index (κ1) is 9.33. The van der Waals surface area contributed by atoms with Crippen molar-refractivity contribution >= 4 is 9.84 Å². The quantitative estimate of drug-likeness (QED) is 0.695. The summed E-state index contributed by atoms with van der Waals surface area (Å²) in [6.07, 6.45) is 1.15. The Morgan fingerprint density at radius 1 is 1.21 bits per heavy atom. The van der Waals surface area contributed by atoms with E-state index in [1.165, 1.54) is 6.07 Å². The highest BCUT2D eigenvalue weighted by Gasteiger charge is 2.21. The van der Waals surface area contributed by atoms with Crippen LogP contribution in [-0.2, 0) is 9.84 Å². The van der Waals surface area contributed by atoms with Crippen molar-refractivity contribution in [1.29, 1.82) is 0 Å². The predicted molar refractivity (Wildman–Crippen MR) is 50.5 cm³/mol. The van der Waals surface area contributed by atoms with E-state index in [0.29, 0.717) is 24.7 Å². The largest absolute Gasteiger partial charge is 0.486 e. The topological polar surface area (TPSA) is 52.6 Å². The minimum absolute atomic E-state index is 0.190. The fourth-order valence-electron chi connectivity index (χ4n) is 1.34. The number of rotatable bonds is 1. The van der Waals surface area contributed by atoms with Gasteiger partial charge in [0.25, 0.3) is 0 Å². The number of fused-ring (bicyclic) bond motifs is 1. The molecule has 0 aliphatic carbocycles. The Hall–Kier alpha value is -1.23. The van der Waals surface area contributed by atoms with Gasteiger partial charge in [-0.25, -0.2) is 8.42 Å². The maximum atomic E-state index is 11.4. The molecular formula is C9H10O4S. The summed E-state index contributed by atoms with van der Waals surface area (Å²) in [6, 6.07) is 4.86. The zero-order valence-corrected chi connectivity index (χ0v) is 8.50. The lowest BCUT2D eigenvalue weighted by Crippen LogP contribution is -2.17. The van der Waals surface area contributed by atoms with E-state index in [4.69, 9.17) is 9.47 Å². The van der Waals surface area contributed by atoms with Crippen LogP contribution in [0.3, 0.4) is 0 Å². The molecule has 1 aromatic rings. The number of benzene rings is 1. The third-order valence-electron chi connectivity index (χ3n) is 1.93. The molecule has 0 fully saturated rings. The highest BCUT2D eigenvalue weighted by molar-refractivity contribution is 7.90. The lowest BCUT2D eigenvalue weighted by Gasteiger charge is -2.19. The Balaban J connectivity index is 2.62. The SMILES string of the molecule is CS(=O)(=O)c1cccc2c1OCCO2. The molecule has 1 aliphatic rings. The van der Waals surface area contributed by atoms with Crippen molar-refractivity contribution in [2.24, 2.45) is 0 Å². The summed E-state index contributed by atoms with van der Waals surface area (Å²) < 4.78 is 33.3. The summed E-state index contributed by atoms with van der Waals surface area (Å²) in [5.41, 5.74) is 0. The minimum atomic E-state index is -3.25. The van der Waals surface area contributed by atoms with Gasteiger partial charge in [-0.15, -0.1) is 0 Å². The molecule has 0 N–H and O–H groups in total. The van der Waals surface area contributed by atoms with Crippen LogP contribution in [0.5, 0.6) is 11.5 Å². The molecule has 0 unspecified atom stereocenters. The molecule has 0 saturated heterocycles. The highest BCUT2D eigenvalue weighted by Crippen LogP contribution is 2.35. The van der Waals surface area contributed by atoms with E-state index < -0.39 is 9.84 Å². The van der Waals surface area contributed by atoms with E-state index in [1.54, 1.807) is 12.1 Å². The van der Waals surface area contributed by atoms with E-state index >= 15 is 0 Å². The molecule has 76 valence electrons. The Kier molecular flexibility index (Phi) is 2.11. The maximum Gasteiger partial charge on any atom is 0.179 e. The van der Waals surface area contributed by atoms with Crippen LogP contribution in [-0.4, -0.2) is 27.9 Å². The van der Waals surface area contributed by atoms with Crippen LogP contribution in [0.4, 0.5) is 0 Å². The fraction of sp³-hybridized carbons (Fsp3) is 0.333. The summed E-state index contributed by atoms with van der Waals surface area (Å²) in [5.74, 6) is 0.834. The summed E-state index contributed by atoms with van der Waals surface area (Å²) >= 11 is 0. The molecule has 4 nitrogen and oxygen atoms in total. The summed E-state index contributed by atoms with van der Waals surface area (Å²) in [7, 11) is -3.25. The molecule has 1 aromatic carbocycles. The van der Waals surface area contributed by atoms with Crippen LogP contribution in [0.1, 0.15) is 0 Å². The third kappa shape index (κ3) is 1.55. The Morgan fingerprint density at radius 3 is 2.64 bits per heavy atom. The van der Waals surface area contributed by atoms with Crippen molar-refractivity contribution in [2.45, 2.75) is 4.90 Å². The maximum absolute atomic E-state index is 11.4. The Labute approximate surface area is 82.4 Å². The van der Waals surface area contributed by atoms with Gasteiger partial charge in [-0.05, 0) is 12.1 Å². The number of para-hydroxylation sites is 1. The zero-order chi connectivity index (χ0) is 10.2. The molecule has 0 spiro atoms. The van der Waals surface area contributed by atoms with Gasteiger partial charge in [0.05, 0.1) is 0 Å². The van der Waals surface area contributed by atoms with E-state index in [9.17, 15) is 8.42 Å². The van der Waals surface area contributed by atoms with Gasteiger partial charge in [-0.1, -0.05) is 6.07 Å². The van der Waals surface area contributed by atoms with E-state index in [0.717, 1.165) is 6.26 Å². The van der Waals surface area contributed by atoms with Crippen LogP contribution in [0.15, 0.2) is 23.1 Å². The van der Waals surface area contributed by atoms with Gasteiger partial charge in [-0.3, -0.25) is 0 Å². The first-order valence-corrected chi connectivity index (χ1v) is 6.07. The molecule has 2 rings (SSSR count). The number of sulfone groups is 1. The van der Waals surface area contributed by atoms with Crippen LogP contribution < -0.4 is 9.47 Å². The molecule has 0 amide bonds. The van der Waals surface area contributed by atoms with Gasteiger partial charge in [0.15, 0.2) is 21.3 Å². The number of hydrogen-bond acceptors (Lipinski definition) is 4. The standard InChI is InChI=1S/C9H10O4S/c1-14(10,11)8-4-2-3-7-9(8)13-6-5-12-7/h2-4H,5-6H2,1H3. The minimum Gasteiger partial charge on any atom is -0.486 e. The van der Waals surface area contributed by atoms with Crippen molar-refractivity contribution in [1.82, 2.24) is 0 Å². The molecule has 5 heteroatoms. The summed E-state index contributed by atoms with van der Waals surface area (Å²) in [5, 5.41) is 0. The second kappa shape index (κ2) is 3.16. The summed E-state index contributed by atoms with van der Waals surface area (Å²) in [6.45, 7) is 0.847. The molecule has 1 aliphatic heterocycles. The average Bonchev–Trinajstić information content (AvgIpc) is 2.15. The highest BCUT2D eigenvalue weighted by atomic mass is 32.2. The van der Waals surface area contributed by atoms with Crippen LogP contribution in [0.2, 0.25) is 0 Å². The number of hydrogen-bond donors (Lipinski definition) is 0. The summed E-state index contributed by atoms with van der Waals surface area (Å²) in [4.78, 5) is 0.190. The predicted octanol–water partition coefficient (Wildman–Crippen LogP) is 0.861. The van der Waals surface area contributed by atoms with Gasteiger partial charge >= 0.3 is 0 Å². The second-order valence-electron chi connectivity index (χ2n) is 3.05. The van der Waals surface area contributed by atoms with Crippen molar-refractivity contribution < 1.29 is 17.9 Å². The van der Waals surface area contributed by atoms with Crippen molar-refractivity contribution in [3.8, 4) is 11.5 Å². The smallest absolute Gasteiger partial charge is 0.179 e. The van der Waals surface area contributed by atoms with Gasteiger partial charge in [0.1, 0.15) is 18.1 Å². The van der Waals surface area contributed by atoms with Crippen LogP contribution >= 0.6 is 0 Å². The first-order valence-electron chi connectivity index (χ1n) is 4.18. The Morgan fingerprint density at radius 2 is 1.93 bits per heavy atom. The molecule has 0 aromatic heterocycles. The molecule has 1 heterocycles. The molecule has 0 saturated carbocycles. The molecule has 0 atom stereocenters. The van der Waals surface area contributed by atoms with Crippen molar-refractivity contribution in [3.05, 3.63) is 18.2 Å². The molecular weight excluding hydrogens is 204 g/mol. The normalized spacial score (nSPS) is 15.2. The van der Waals surface area contributed by atoms with Crippen LogP contribution in [0, 0.1) is 0 Å². The van der Waals surface area contributed by atoms with E-state index in [2.05, 4.69) is 0 Å². The van der Waals surface area contributed by atoms with Crippen molar-refractivity contribution in [2.75, 3.05) is 19.5 Å². The van der Waals surface area contributed by atoms with Crippen molar-refractivity contribution in [3.63, 3.8) is 0 Å². The van der Waals surface area contributed by atoms with Gasteiger partial charge in [0.2, 0.25) is 0 Å². The molecule has 0 radical (unpaired) electrons. The zero-order valence-electron chi connectivity index (χ0n) is 7.69. The van der Waals surface area contributed by atoms with Gasteiger partial charge in [-0.2, -0.15) is 0 Å². The fourth-order valence-corrected chi connectivity index (χ4v) is 2.16. The lowest BCUT2D eigenvalue weighted by molar-refractivity contribution is 0.167. The second-order valence-corrected chi connectivity index (χ2v) is 5.04. The van der Waals surface area contributed by atoms with E-state index in [1.807, 2.05) is 0 Å². The Bertz CT molecular complexity index is 450. The third-order valence-corrected chi connectivity index (χ3v) is 3.05. The van der Waals surface area contributed by atoms with E-state index in [-0.39, 0.29) is 4.90 Å². The van der Waals surface area contributed by atoms with Gasteiger partial charge in [0, 0.05) is 6.26 Å². The molecule has 14 heavy (non-hydrogen) atoms. The average molecular weight is 214 g/mol. The first-order chi connectivity index (χ1) is 6.59. The molecule has 0 bridgehead atoms. The lowest BCUT2D eigenvalue weighted by atomic mass is 10.3. The monoisotopic (exact) mass is 214 g/mol. The van der Waals surface area contributed by atoms with Gasteiger partial charge < -0.3 is 9.47 Å². The number of ether oxygens (including phenoxy) is 2.